The predicted molar refractivity (Wildman–Crippen MR) is 30.5 cm³/mol. The Balaban J connectivity index is 3.24. The Bertz CT molecular complexity index is 86.0. The molecule has 0 aliphatic rings. The lowest BCUT2D eigenvalue weighted by Crippen LogP contribution is -2.12. The minimum Gasteiger partial charge on any atom is -0.349 e. The third kappa shape index (κ3) is 5.32. The van der Waals surface area contributed by atoms with E-state index in [-0.39, 0.29) is 6.04 Å². The second-order valence-electron chi connectivity index (χ2n) is 1.31. The summed E-state index contributed by atoms with van der Waals surface area (Å²) in [5, 5.41) is 2.66. The van der Waals surface area contributed by atoms with E-state index in [1.807, 2.05) is 6.92 Å². The van der Waals surface area contributed by atoms with Gasteiger partial charge in [-0.05, 0) is 6.92 Å². The molecule has 0 aliphatic carbocycles. The maximum absolute atomic E-state index is 5.26. The van der Waals surface area contributed by atoms with Crippen LogP contribution < -0.4 is 11.1 Å². The first kappa shape index (κ1) is 6.32. The quantitative estimate of drug-likeness (QED) is 0.317. The molecule has 0 spiro atoms. The summed E-state index contributed by atoms with van der Waals surface area (Å²) < 4.78 is 0. The molecule has 0 aromatic rings. The van der Waals surface area contributed by atoms with Crippen molar-refractivity contribution < 1.29 is 0 Å². The van der Waals surface area contributed by atoms with Gasteiger partial charge in [-0.15, -0.1) is 0 Å². The Hall–Kier alpha value is -0.680. The van der Waals surface area contributed by atoms with Crippen LogP contribution in [0.5, 0.6) is 0 Å². The van der Waals surface area contributed by atoms with Crippen molar-refractivity contribution in [3.63, 3.8) is 0 Å². The zero-order valence-electron chi connectivity index (χ0n) is 4.65. The van der Waals surface area contributed by atoms with Crippen LogP contribution in [0.4, 0.5) is 0 Å². The number of nitrogens with two attached hydrogens (primary N) is 1. The lowest BCUT2D eigenvalue weighted by atomic mass is 10.4. The minimum atomic E-state index is -0.0209. The highest BCUT2D eigenvalue weighted by Crippen LogP contribution is 1.62. The molecular formula is C5H10N2. The van der Waals surface area contributed by atoms with E-state index >= 15 is 0 Å². The van der Waals surface area contributed by atoms with Crippen molar-refractivity contribution in [3.8, 4) is 12.0 Å². The van der Waals surface area contributed by atoms with Crippen LogP contribution >= 0.6 is 0 Å². The molecule has 0 radical (unpaired) electrons. The SMILES string of the molecule is CNC#C[C@H](C)N. The van der Waals surface area contributed by atoms with Gasteiger partial charge in [0, 0.05) is 13.1 Å². The first-order valence-corrected chi connectivity index (χ1v) is 2.20. The van der Waals surface area contributed by atoms with E-state index in [4.69, 9.17) is 5.73 Å². The largest absolute Gasteiger partial charge is 0.349 e. The highest BCUT2D eigenvalue weighted by Gasteiger charge is 1.76. The van der Waals surface area contributed by atoms with Crippen molar-refractivity contribution in [2.75, 3.05) is 7.05 Å². The van der Waals surface area contributed by atoms with Crippen LogP contribution in [0.2, 0.25) is 0 Å². The molecule has 0 aromatic carbocycles. The van der Waals surface area contributed by atoms with Gasteiger partial charge >= 0.3 is 0 Å². The van der Waals surface area contributed by atoms with Crippen molar-refractivity contribution in [1.82, 2.24) is 5.32 Å². The fourth-order valence-electron chi connectivity index (χ4n) is 0.186. The van der Waals surface area contributed by atoms with Gasteiger partial charge in [0.2, 0.25) is 0 Å². The summed E-state index contributed by atoms with van der Waals surface area (Å²) in [6.07, 6.45) is 0. The summed E-state index contributed by atoms with van der Waals surface area (Å²) in [5.74, 6) is 2.71. The molecule has 0 fully saturated rings. The molecule has 40 valence electrons. The molecule has 0 aliphatic heterocycles. The third-order valence-corrected chi connectivity index (χ3v) is 0.425. The van der Waals surface area contributed by atoms with Crippen LogP contribution in [-0.4, -0.2) is 13.1 Å². The molecule has 2 nitrogen and oxygen atoms in total. The molecule has 0 unspecified atom stereocenters. The van der Waals surface area contributed by atoms with Crippen molar-refractivity contribution >= 4 is 0 Å². The van der Waals surface area contributed by atoms with Gasteiger partial charge in [0.25, 0.3) is 0 Å². The summed E-state index contributed by atoms with van der Waals surface area (Å²) in [6.45, 7) is 1.84. The maximum Gasteiger partial charge on any atom is 0.0654 e. The molecule has 0 aromatic heterocycles. The molecule has 2 heteroatoms. The van der Waals surface area contributed by atoms with Gasteiger partial charge in [0.05, 0.1) is 6.04 Å². The summed E-state index contributed by atoms with van der Waals surface area (Å²) in [6, 6.07) is 2.60. The smallest absolute Gasteiger partial charge is 0.0654 e. The van der Waals surface area contributed by atoms with Gasteiger partial charge in [0.15, 0.2) is 0 Å². The molecule has 3 N–H and O–H groups in total. The average molecular weight is 98.1 g/mol. The average Bonchev–Trinajstić information content (AvgIpc) is 1.61. The van der Waals surface area contributed by atoms with Crippen LogP contribution in [-0.2, 0) is 0 Å². The predicted octanol–water partition coefficient (Wildman–Crippen LogP) is -0.486. The highest BCUT2D eigenvalue weighted by atomic mass is 14.8. The Morgan fingerprint density at radius 3 is 2.43 bits per heavy atom. The summed E-state index contributed by atoms with van der Waals surface area (Å²) in [5.41, 5.74) is 5.26. The van der Waals surface area contributed by atoms with Crippen LogP contribution in [0.1, 0.15) is 6.92 Å². The lowest BCUT2D eigenvalue weighted by Gasteiger charge is -1.85. The molecule has 0 heterocycles. The normalized spacial score (nSPS) is 11.3. The van der Waals surface area contributed by atoms with Gasteiger partial charge in [-0.3, -0.25) is 0 Å². The Kier molecular flexibility index (Phi) is 3.17. The van der Waals surface area contributed by atoms with Crippen LogP contribution in [0.25, 0.3) is 0 Å². The number of hydrogen-bond acceptors (Lipinski definition) is 2. The monoisotopic (exact) mass is 98.1 g/mol. The van der Waals surface area contributed by atoms with Crippen LogP contribution in [0.3, 0.4) is 0 Å². The van der Waals surface area contributed by atoms with Crippen LogP contribution in [0.15, 0.2) is 0 Å². The number of rotatable bonds is 0. The summed E-state index contributed by atoms with van der Waals surface area (Å²) >= 11 is 0. The zero-order chi connectivity index (χ0) is 5.70. The Morgan fingerprint density at radius 2 is 2.29 bits per heavy atom. The second kappa shape index (κ2) is 3.51. The lowest BCUT2D eigenvalue weighted by molar-refractivity contribution is 0.953. The second-order valence-corrected chi connectivity index (χ2v) is 1.31. The van der Waals surface area contributed by atoms with E-state index in [2.05, 4.69) is 17.3 Å². The number of nitrogens with one attached hydrogen (secondary N) is 1. The van der Waals surface area contributed by atoms with Gasteiger partial charge < -0.3 is 11.1 Å². The van der Waals surface area contributed by atoms with E-state index in [1.165, 1.54) is 0 Å². The van der Waals surface area contributed by atoms with Crippen LogP contribution in [0, 0.1) is 12.0 Å². The minimum absolute atomic E-state index is 0.0209. The third-order valence-electron chi connectivity index (χ3n) is 0.425. The first-order valence-electron chi connectivity index (χ1n) is 2.20. The van der Waals surface area contributed by atoms with Crippen molar-refractivity contribution in [2.24, 2.45) is 5.73 Å². The highest BCUT2D eigenvalue weighted by molar-refractivity contribution is 5.02. The Morgan fingerprint density at radius 1 is 1.71 bits per heavy atom. The van der Waals surface area contributed by atoms with E-state index in [0.29, 0.717) is 0 Å². The van der Waals surface area contributed by atoms with Crippen molar-refractivity contribution in [2.45, 2.75) is 13.0 Å². The molecule has 7 heavy (non-hydrogen) atoms. The molecule has 0 rings (SSSR count). The fraction of sp³-hybridized carbons (Fsp3) is 0.600. The van der Waals surface area contributed by atoms with Crippen molar-refractivity contribution in [3.05, 3.63) is 0 Å². The molecule has 1 atom stereocenters. The molecule has 0 saturated carbocycles. The van der Waals surface area contributed by atoms with Gasteiger partial charge in [-0.25, -0.2) is 0 Å². The van der Waals surface area contributed by atoms with Crippen molar-refractivity contribution in [1.29, 1.82) is 0 Å². The first-order chi connectivity index (χ1) is 3.27. The maximum atomic E-state index is 5.26. The number of hydrogen-bond donors (Lipinski definition) is 2. The van der Waals surface area contributed by atoms with E-state index in [0.717, 1.165) is 0 Å². The van der Waals surface area contributed by atoms with E-state index in [1.54, 1.807) is 7.05 Å². The topological polar surface area (TPSA) is 38.0 Å². The van der Waals surface area contributed by atoms with Gasteiger partial charge in [-0.1, -0.05) is 5.92 Å². The Labute approximate surface area is 44.1 Å². The van der Waals surface area contributed by atoms with E-state index < -0.39 is 0 Å². The molecular weight excluding hydrogens is 88.1 g/mol. The molecule has 0 bridgehead atoms. The van der Waals surface area contributed by atoms with Gasteiger partial charge in [0.1, 0.15) is 0 Å². The zero-order valence-corrected chi connectivity index (χ0v) is 4.65. The fourth-order valence-corrected chi connectivity index (χ4v) is 0.186. The van der Waals surface area contributed by atoms with Gasteiger partial charge in [-0.2, -0.15) is 0 Å². The summed E-state index contributed by atoms with van der Waals surface area (Å²) in [7, 11) is 1.76. The molecule has 0 amide bonds. The standard InChI is InChI=1S/C5H10N2/c1-5(6)3-4-7-2/h5,7H,6H2,1-2H3/t5-/m0/s1. The molecule has 0 saturated heterocycles. The van der Waals surface area contributed by atoms with E-state index in [9.17, 15) is 0 Å². The summed E-state index contributed by atoms with van der Waals surface area (Å²) in [4.78, 5) is 0.